The van der Waals surface area contributed by atoms with Crippen LogP contribution in [0.5, 0.6) is 5.75 Å². The lowest BCUT2D eigenvalue weighted by atomic mass is 9.92. The Morgan fingerprint density at radius 1 is 1.24 bits per heavy atom. The Balaban J connectivity index is 1.24. The highest BCUT2D eigenvalue weighted by Gasteiger charge is 2.51. The topological polar surface area (TPSA) is 42.4 Å². The molecule has 25 heavy (non-hydrogen) atoms. The van der Waals surface area contributed by atoms with Gasteiger partial charge < -0.3 is 9.64 Å². The number of pyridine rings is 1. The van der Waals surface area contributed by atoms with Crippen molar-refractivity contribution in [2.45, 2.75) is 30.1 Å². The van der Waals surface area contributed by atoms with Crippen LogP contribution in [-0.4, -0.2) is 45.5 Å². The van der Waals surface area contributed by atoms with Crippen molar-refractivity contribution in [2.24, 2.45) is 0 Å². The summed E-state index contributed by atoms with van der Waals surface area (Å²) in [5, 5.41) is 0. The molecule has 2 saturated heterocycles. The highest BCUT2D eigenvalue weighted by Crippen LogP contribution is 2.46. The van der Waals surface area contributed by atoms with Gasteiger partial charge in [-0.25, -0.2) is 0 Å². The first kappa shape index (κ1) is 16.5. The lowest BCUT2D eigenvalue weighted by Gasteiger charge is -2.47. The van der Waals surface area contributed by atoms with Gasteiger partial charge in [-0.15, -0.1) is 11.8 Å². The molecule has 0 saturated carbocycles. The normalized spacial score (nSPS) is 21.1. The van der Waals surface area contributed by atoms with Crippen LogP contribution in [0.25, 0.3) is 0 Å². The molecular formula is C20H22N2O2S. The zero-order valence-corrected chi connectivity index (χ0v) is 15.0. The quantitative estimate of drug-likeness (QED) is 0.827. The molecule has 1 amide bonds. The number of aryl methyl sites for hydroxylation is 1. The molecule has 1 aromatic carbocycles. The molecule has 1 atom stereocenters. The van der Waals surface area contributed by atoms with Crippen molar-refractivity contribution in [2.75, 3.05) is 18.8 Å². The average Bonchev–Trinajstić information content (AvgIpc) is 3.04. The maximum atomic E-state index is 12.4. The minimum atomic E-state index is 0.204. The maximum absolute atomic E-state index is 12.4. The highest BCUT2D eigenvalue weighted by molar-refractivity contribution is 8.01. The summed E-state index contributed by atoms with van der Waals surface area (Å²) in [7, 11) is 0. The van der Waals surface area contributed by atoms with Gasteiger partial charge in [0.05, 0.1) is 10.9 Å². The number of carbonyl (C=O) groups is 1. The predicted molar refractivity (Wildman–Crippen MR) is 99.8 cm³/mol. The first-order chi connectivity index (χ1) is 12.2. The van der Waals surface area contributed by atoms with E-state index >= 15 is 0 Å². The first-order valence-corrected chi connectivity index (χ1v) is 9.73. The number of thioether (sulfide) groups is 1. The van der Waals surface area contributed by atoms with E-state index in [0.29, 0.717) is 6.42 Å². The summed E-state index contributed by atoms with van der Waals surface area (Å²) < 4.78 is 6.22. The Bertz CT molecular complexity index is 717. The van der Waals surface area contributed by atoms with Crippen LogP contribution >= 0.6 is 11.8 Å². The van der Waals surface area contributed by atoms with E-state index in [9.17, 15) is 4.79 Å². The van der Waals surface area contributed by atoms with Gasteiger partial charge in [0.25, 0.3) is 0 Å². The third-order valence-electron chi connectivity index (χ3n) is 4.89. The number of nitrogens with zero attached hydrogens (tertiary/aromatic N) is 2. The molecule has 130 valence electrons. The molecule has 5 heteroatoms. The fourth-order valence-electron chi connectivity index (χ4n) is 3.59. The second kappa shape index (κ2) is 7.08. The predicted octanol–water partition coefficient (Wildman–Crippen LogP) is 3.18. The second-order valence-electron chi connectivity index (χ2n) is 6.86. The second-order valence-corrected chi connectivity index (χ2v) is 8.35. The molecule has 1 aromatic heterocycles. The Hall–Kier alpha value is -2.01. The monoisotopic (exact) mass is 354 g/mol. The number of hydrogen-bond acceptors (Lipinski definition) is 4. The van der Waals surface area contributed by atoms with E-state index in [1.165, 1.54) is 5.56 Å². The lowest BCUT2D eigenvalue weighted by Crippen LogP contribution is -2.60. The molecule has 4 rings (SSSR count). The van der Waals surface area contributed by atoms with Crippen molar-refractivity contribution in [1.29, 1.82) is 0 Å². The van der Waals surface area contributed by atoms with Crippen molar-refractivity contribution in [3.8, 4) is 5.75 Å². The van der Waals surface area contributed by atoms with E-state index in [-0.39, 0.29) is 16.8 Å². The van der Waals surface area contributed by atoms with Gasteiger partial charge in [-0.1, -0.05) is 30.3 Å². The Morgan fingerprint density at radius 3 is 2.84 bits per heavy atom. The molecule has 3 heterocycles. The van der Waals surface area contributed by atoms with Gasteiger partial charge in [0.15, 0.2) is 0 Å². The van der Waals surface area contributed by atoms with Crippen molar-refractivity contribution < 1.29 is 9.53 Å². The molecular weight excluding hydrogens is 332 g/mol. The van der Waals surface area contributed by atoms with Crippen molar-refractivity contribution >= 4 is 17.7 Å². The maximum Gasteiger partial charge on any atom is 0.222 e. The van der Waals surface area contributed by atoms with Crippen LogP contribution in [0, 0.1) is 0 Å². The standard InChI is InChI=1S/C20H22N2O2S/c23-19(9-8-16-5-2-1-3-6-16)22-14-20(15-22)11-18(13-25-20)24-17-7-4-10-21-12-17/h1-7,10,12,18H,8-9,11,13-15H2/t18-/m0/s1. The number of carbonyl (C=O) groups excluding carboxylic acids is 1. The minimum absolute atomic E-state index is 0.204. The number of aromatic nitrogens is 1. The molecule has 0 N–H and O–H groups in total. The summed E-state index contributed by atoms with van der Waals surface area (Å²) in [5.41, 5.74) is 1.23. The zero-order chi connectivity index (χ0) is 17.1. The molecule has 0 bridgehead atoms. The van der Waals surface area contributed by atoms with Gasteiger partial charge in [-0.3, -0.25) is 9.78 Å². The van der Waals surface area contributed by atoms with Crippen molar-refractivity contribution in [3.63, 3.8) is 0 Å². The van der Waals surface area contributed by atoms with E-state index in [0.717, 1.165) is 37.4 Å². The molecule has 1 spiro atoms. The zero-order valence-electron chi connectivity index (χ0n) is 14.1. The van der Waals surface area contributed by atoms with E-state index in [1.807, 2.05) is 47.0 Å². The average molecular weight is 354 g/mol. The number of hydrogen-bond donors (Lipinski definition) is 0. The Morgan fingerprint density at radius 2 is 2.08 bits per heavy atom. The summed E-state index contributed by atoms with van der Waals surface area (Å²) in [4.78, 5) is 18.5. The van der Waals surface area contributed by atoms with Crippen LogP contribution in [0.2, 0.25) is 0 Å². The summed E-state index contributed by atoms with van der Waals surface area (Å²) >= 11 is 1.96. The molecule has 2 aliphatic heterocycles. The smallest absolute Gasteiger partial charge is 0.222 e. The fourth-order valence-corrected chi connectivity index (χ4v) is 5.11. The largest absolute Gasteiger partial charge is 0.488 e. The molecule has 0 radical (unpaired) electrons. The van der Waals surface area contributed by atoms with Crippen molar-refractivity contribution in [3.05, 3.63) is 60.4 Å². The van der Waals surface area contributed by atoms with Gasteiger partial charge in [-0.2, -0.15) is 0 Å². The third kappa shape index (κ3) is 3.82. The number of rotatable bonds is 5. The van der Waals surface area contributed by atoms with Crippen LogP contribution in [0.3, 0.4) is 0 Å². The fraction of sp³-hybridized carbons (Fsp3) is 0.400. The Kier molecular flexibility index (Phi) is 4.66. The molecule has 0 aliphatic carbocycles. The van der Waals surface area contributed by atoms with E-state index in [1.54, 1.807) is 12.4 Å². The van der Waals surface area contributed by atoms with Gasteiger partial charge in [-0.05, 0) is 24.1 Å². The minimum Gasteiger partial charge on any atom is -0.488 e. The van der Waals surface area contributed by atoms with E-state index < -0.39 is 0 Å². The van der Waals surface area contributed by atoms with Crippen LogP contribution in [0.15, 0.2) is 54.9 Å². The van der Waals surface area contributed by atoms with E-state index in [2.05, 4.69) is 17.1 Å². The molecule has 2 aromatic rings. The number of benzene rings is 1. The number of likely N-dealkylation sites (tertiary alicyclic amines) is 1. The number of amides is 1. The molecule has 2 fully saturated rings. The summed E-state index contributed by atoms with van der Waals surface area (Å²) in [6, 6.07) is 14.1. The Labute approximate surface area is 152 Å². The third-order valence-corrected chi connectivity index (χ3v) is 6.47. The van der Waals surface area contributed by atoms with Gasteiger partial charge in [0.2, 0.25) is 5.91 Å². The summed E-state index contributed by atoms with van der Waals surface area (Å²) in [6.07, 6.45) is 6.16. The van der Waals surface area contributed by atoms with Crippen LogP contribution in [-0.2, 0) is 11.2 Å². The van der Waals surface area contributed by atoms with Crippen molar-refractivity contribution in [1.82, 2.24) is 9.88 Å². The van der Waals surface area contributed by atoms with Gasteiger partial charge >= 0.3 is 0 Å². The van der Waals surface area contributed by atoms with Crippen LogP contribution < -0.4 is 4.74 Å². The highest BCUT2D eigenvalue weighted by atomic mass is 32.2. The lowest BCUT2D eigenvalue weighted by molar-refractivity contribution is -0.136. The van der Waals surface area contributed by atoms with Gasteiger partial charge in [0.1, 0.15) is 11.9 Å². The van der Waals surface area contributed by atoms with Gasteiger partial charge in [0, 0.05) is 37.9 Å². The summed E-state index contributed by atoms with van der Waals surface area (Å²) in [5.74, 6) is 2.09. The molecule has 2 aliphatic rings. The first-order valence-electron chi connectivity index (χ1n) is 8.75. The van der Waals surface area contributed by atoms with Crippen LogP contribution in [0.4, 0.5) is 0 Å². The van der Waals surface area contributed by atoms with Crippen LogP contribution in [0.1, 0.15) is 18.4 Å². The van der Waals surface area contributed by atoms with E-state index in [4.69, 9.17) is 4.74 Å². The molecule has 0 unspecified atom stereocenters. The summed E-state index contributed by atoms with van der Waals surface area (Å²) in [6.45, 7) is 1.72. The number of ether oxygens (including phenoxy) is 1. The molecule has 4 nitrogen and oxygen atoms in total. The SMILES string of the molecule is O=C(CCc1ccccc1)N1CC2(C[C@H](Oc3cccnc3)CS2)C1.